The second-order valence-electron chi connectivity index (χ2n) is 6.10. The van der Waals surface area contributed by atoms with Gasteiger partial charge >= 0.3 is 6.03 Å². The number of hydrogen-bond donors (Lipinski definition) is 1. The molecule has 1 unspecified atom stereocenters. The third-order valence-corrected chi connectivity index (χ3v) is 4.24. The number of hydrogen-bond acceptors (Lipinski definition) is 4. The van der Waals surface area contributed by atoms with Crippen LogP contribution in [0.3, 0.4) is 0 Å². The summed E-state index contributed by atoms with van der Waals surface area (Å²) in [6, 6.07) is 11.1. The van der Waals surface area contributed by atoms with Crippen LogP contribution in [0.2, 0.25) is 0 Å². The number of methoxy groups -OCH3 is 1. The lowest BCUT2D eigenvalue weighted by Gasteiger charge is -2.23. The fraction of sp³-hybridized carbons (Fsp3) is 0.421. The molecule has 1 aliphatic heterocycles. The summed E-state index contributed by atoms with van der Waals surface area (Å²) in [5, 5.41) is 2.96. The molecule has 1 aromatic heterocycles. The number of carbonyl (C=O) groups is 1. The fourth-order valence-corrected chi connectivity index (χ4v) is 3.04. The van der Waals surface area contributed by atoms with Crippen molar-refractivity contribution in [3.8, 4) is 5.75 Å². The first kappa shape index (κ1) is 17.4. The van der Waals surface area contributed by atoms with Gasteiger partial charge in [-0.25, -0.2) is 4.79 Å². The molecule has 0 spiro atoms. The van der Waals surface area contributed by atoms with E-state index in [-0.39, 0.29) is 12.1 Å². The Labute approximate surface area is 147 Å². The molecule has 25 heavy (non-hydrogen) atoms. The van der Waals surface area contributed by atoms with Gasteiger partial charge in [0.25, 0.3) is 0 Å². The molecule has 1 atom stereocenters. The predicted octanol–water partition coefficient (Wildman–Crippen LogP) is 3.98. The molecular weight excluding hydrogens is 320 g/mol. The van der Waals surface area contributed by atoms with E-state index in [2.05, 4.69) is 5.32 Å². The summed E-state index contributed by atoms with van der Waals surface area (Å²) in [5.74, 6) is 2.42. The van der Waals surface area contributed by atoms with Crippen LogP contribution >= 0.6 is 0 Å². The molecular formula is C19H24N2O4. The number of benzene rings is 1. The zero-order chi connectivity index (χ0) is 17.6. The summed E-state index contributed by atoms with van der Waals surface area (Å²) < 4.78 is 16.3. The molecule has 6 heteroatoms. The average molecular weight is 344 g/mol. The van der Waals surface area contributed by atoms with Crippen molar-refractivity contribution >= 4 is 11.7 Å². The minimum absolute atomic E-state index is 0.00478. The predicted molar refractivity (Wildman–Crippen MR) is 95.0 cm³/mol. The van der Waals surface area contributed by atoms with Crippen molar-refractivity contribution < 1.29 is 18.7 Å². The molecule has 3 rings (SSSR count). The van der Waals surface area contributed by atoms with E-state index in [0.29, 0.717) is 24.7 Å². The van der Waals surface area contributed by atoms with E-state index in [4.69, 9.17) is 13.9 Å². The number of furan rings is 1. The van der Waals surface area contributed by atoms with Crippen molar-refractivity contribution in [2.24, 2.45) is 0 Å². The average Bonchev–Trinajstić information content (AvgIpc) is 3.24. The summed E-state index contributed by atoms with van der Waals surface area (Å²) in [7, 11) is 1.63. The standard InChI is InChI=1S/C19H24N2O4/c1-14-8-9-18(25-14)17-7-4-10-21(17)19(22)20-15-5-3-6-16(13-15)24-12-11-23-2/h3,5-6,8-9,13,17H,4,7,10-12H2,1-2H3,(H,20,22). The van der Waals surface area contributed by atoms with Gasteiger partial charge in [0.1, 0.15) is 23.9 Å². The smallest absolute Gasteiger partial charge is 0.322 e. The monoisotopic (exact) mass is 344 g/mol. The number of anilines is 1. The lowest BCUT2D eigenvalue weighted by Crippen LogP contribution is -2.34. The van der Waals surface area contributed by atoms with Gasteiger partial charge in [-0.2, -0.15) is 0 Å². The third kappa shape index (κ3) is 4.33. The lowest BCUT2D eigenvalue weighted by molar-refractivity contribution is 0.146. The molecule has 2 heterocycles. The molecule has 0 aliphatic carbocycles. The van der Waals surface area contributed by atoms with E-state index in [1.807, 2.05) is 48.2 Å². The zero-order valence-electron chi connectivity index (χ0n) is 14.7. The highest BCUT2D eigenvalue weighted by molar-refractivity contribution is 5.90. The molecule has 1 fully saturated rings. The molecule has 6 nitrogen and oxygen atoms in total. The zero-order valence-corrected chi connectivity index (χ0v) is 14.7. The van der Waals surface area contributed by atoms with Crippen LogP contribution < -0.4 is 10.1 Å². The first-order valence-corrected chi connectivity index (χ1v) is 8.53. The topological polar surface area (TPSA) is 63.9 Å². The number of likely N-dealkylation sites (tertiary alicyclic amines) is 1. The Morgan fingerprint density at radius 3 is 2.96 bits per heavy atom. The molecule has 1 N–H and O–H groups in total. The van der Waals surface area contributed by atoms with Crippen LogP contribution in [0.15, 0.2) is 40.8 Å². The van der Waals surface area contributed by atoms with E-state index in [1.54, 1.807) is 7.11 Å². The number of amides is 2. The van der Waals surface area contributed by atoms with E-state index < -0.39 is 0 Å². The third-order valence-electron chi connectivity index (χ3n) is 4.24. The quantitative estimate of drug-likeness (QED) is 0.805. The Morgan fingerprint density at radius 1 is 1.32 bits per heavy atom. The molecule has 1 saturated heterocycles. The maximum Gasteiger partial charge on any atom is 0.322 e. The van der Waals surface area contributed by atoms with Crippen molar-refractivity contribution in [3.63, 3.8) is 0 Å². The van der Waals surface area contributed by atoms with Gasteiger partial charge in [0.05, 0.1) is 12.6 Å². The molecule has 0 radical (unpaired) electrons. The minimum Gasteiger partial charge on any atom is -0.491 e. The number of aryl methyl sites for hydroxylation is 1. The van der Waals surface area contributed by atoms with Gasteiger partial charge in [-0.1, -0.05) is 6.07 Å². The van der Waals surface area contributed by atoms with Gasteiger partial charge in [0, 0.05) is 25.4 Å². The normalized spacial score (nSPS) is 16.9. The van der Waals surface area contributed by atoms with E-state index in [9.17, 15) is 4.79 Å². The van der Waals surface area contributed by atoms with Crippen LogP contribution in [0, 0.1) is 6.92 Å². The van der Waals surface area contributed by atoms with E-state index >= 15 is 0 Å². The lowest BCUT2D eigenvalue weighted by atomic mass is 10.2. The number of nitrogens with one attached hydrogen (secondary N) is 1. The Balaban J connectivity index is 1.64. The van der Waals surface area contributed by atoms with E-state index in [0.717, 1.165) is 30.9 Å². The molecule has 1 aliphatic rings. The van der Waals surface area contributed by atoms with Crippen molar-refractivity contribution in [3.05, 3.63) is 47.9 Å². The van der Waals surface area contributed by atoms with Crippen LogP contribution in [-0.4, -0.2) is 37.8 Å². The maximum atomic E-state index is 12.7. The van der Waals surface area contributed by atoms with Crippen LogP contribution in [0.25, 0.3) is 0 Å². The molecule has 0 saturated carbocycles. The Bertz CT molecular complexity index is 713. The summed E-state index contributed by atoms with van der Waals surface area (Å²) in [6.45, 7) is 3.63. The number of carbonyl (C=O) groups excluding carboxylic acids is 1. The Hall–Kier alpha value is -2.47. The second-order valence-corrected chi connectivity index (χ2v) is 6.10. The molecule has 2 amide bonds. The van der Waals surface area contributed by atoms with Gasteiger partial charge in [-0.15, -0.1) is 0 Å². The van der Waals surface area contributed by atoms with Gasteiger partial charge in [0.15, 0.2) is 0 Å². The number of nitrogens with zero attached hydrogens (tertiary/aromatic N) is 1. The van der Waals surface area contributed by atoms with Gasteiger partial charge in [-0.3, -0.25) is 0 Å². The van der Waals surface area contributed by atoms with Crippen molar-refractivity contribution in [1.29, 1.82) is 0 Å². The highest BCUT2D eigenvalue weighted by atomic mass is 16.5. The molecule has 2 aromatic rings. The first-order chi connectivity index (χ1) is 12.2. The SMILES string of the molecule is COCCOc1cccc(NC(=O)N2CCCC2c2ccc(C)o2)c1. The van der Waals surface area contributed by atoms with Gasteiger partial charge in [0.2, 0.25) is 0 Å². The minimum atomic E-state index is -0.120. The summed E-state index contributed by atoms with van der Waals surface area (Å²) >= 11 is 0. The highest BCUT2D eigenvalue weighted by Crippen LogP contribution is 2.33. The largest absolute Gasteiger partial charge is 0.491 e. The Kier molecular flexibility index (Phi) is 5.60. The van der Waals surface area contributed by atoms with Crippen molar-refractivity contribution in [2.75, 3.05) is 32.2 Å². The number of ether oxygens (including phenoxy) is 2. The van der Waals surface area contributed by atoms with Crippen LogP contribution in [0.1, 0.15) is 30.4 Å². The first-order valence-electron chi connectivity index (χ1n) is 8.53. The van der Waals surface area contributed by atoms with E-state index in [1.165, 1.54) is 0 Å². The summed E-state index contributed by atoms with van der Waals surface area (Å²) in [6.07, 6.45) is 1.89. The van der Waals surface area contributed by atoms with Crippen molar-refractivity contribution in [1.82, 2.24) is 4.90 Å². The summed E-state index contributed by atoms with van der Waals surface area (Å²) in [5.41, 5.74) is 0.709. The number of rotatable bonds is 6. The molecule has 134 valence electrons. The highest BCUT2D eigenvalue weighted by Gasteiger charge is 2.32. The van der Waals surface area contributed by atoms with Crippen LogP contribution in [-0.2, 0) is 4.74 Å². The number of urea groups is 1. The second kappa shape index (κ2) is 8.07. The summed E-state index contributed by atoms with van der Waals surface area (Å²) in [4.78, 5) is 14.5. The van der Waals surface area contributed by atoms with Crippen LogP contribution in [0.5, 0.6) is 5.75 Å². The Morgan fingerprint density at radius 2 is 2.20 bits per heavy atom. The maximum absolute atomic E-state index is 12.7. The molecule has 0 bridgehead atoms. The van der Waals surface area contributed by atoms with Gasteiger partial charge in [-0.05, 0) is 44.0 Å². The van der Waals surface area contributed by atoms with Crippen LogP contribution in [0.4, 0.5) is 10.5 Å². The van der Waals surface area contributed by atoms with Crippen molar-refractivity contribution in [2.45, 2.75) is 25.8 Å². The molecule has 1 aromatic carbocycles. The van der Waals surface area contributed by atoms with Gasteiger partial charge < -0.3 is 24.1 Å². The fourth-order valence-electron chi connectivity index (χ4n) is 3.04.